The summed E-state index contributed by atoms with van der Waals surface area (Å²) in [5, 5.41) is 3.25. The first kappa shape index (κ1) is 13.9. The number of amides is 1. The molecule has 1 aliphatic rings. The topological polar surface area (TPSA) is 32.3 Å². The van der Waals surface area contributed by atoms with Crippen molar-refractivity contribution >= 4 is 5.91 Å². The molecule has 1 aliphatic heterocycles. The maximum atomic E-state index is 13.5. The Morgan fingerprint density at radius 3 is 2.89 bits per heavy atom. The smallest absolute Gasteiger partial charge is 0.224 e. The summed E-state index contributed by atoms with van der Waals surface area (Å²) in [6, 6.07) is 3.65. The Kier molecular flexibility index (Phi) is 4.47. The molecule has 1 aromatic carbocycles. The quantitative estimate of drug-likeness (QED) is 0.906. The zero-order chi connectivity index (χ0) is 13.8. The second-order valence-electron chi connectivity index (χ2n) is 4.98. The van der Waals surface area contributed by atoms with Crippen LogP contribution in [0.25, 0.3) is 0 Å². The van der Waals surface area contributed by atoms with Gasteiger partial charge in [0.25, 0.3) is 0 Å². The van der Waals surface area contributed by atoms with Crippen LogP contribution in [0.15, 0.2) is 18.2 Å². The molecule has 1 N–H and O–H groups in total. The summed E-state index contributed by atoms with van der Waals surface area (Å²) in [6.07, 6.45) is 2.53. The van der Waals surface area contributed by atoms with Crippen molar-refractivity contribution in [3.05, 3.63) is 35.4 Å². The lowest BCUT2D eigenvalue weighted by Crippen LogP contribution is -2.33. The van der Waals surface area contributed by atoms with E-state index in [1.54, 1.807) is 7.05 Å². The van der Waals surface area contributed by atoms with Crippen molar-refractivity contribution in [2.75, 3.05) is 13.6 Å². The van der Waals surface area contributed by atoms with E-state index in [0.29, 0.717) is 12.0 Å². The van der Waals surface area contributed by atoms with Crippen LogP contribution < -0.4 is 5.32 Å². The fourth-order valence-electron chi connectivity index (χ4n) is 2.29. The first-order chi connectivity index (χ1) is 9.06. The number of nitrogens with one attached hydrogen (secondary N) is 1. The first-order valence-corrected chi connectivity index (χ1v) is 6.47. The van der Waals surface area contributed by atoms with Crippen molar-refractivity contribution in [2.45, 2.75) is 31.8 Å². The van der Waals surface area contributed by atoms with Crippen LogP contribution >= 0.6 is 0 Å². The zero-order valence-electron chi connectivity index (χ0n) is 11.0. The van der Waals surface area contributed by atoms with Gasteiger partial charge in [-0.2, -0.15) is 0 Å². The number of hydrogen-bond acceptors (Lipinski definition) is 2. The minimum Gasteiger partial charge on any atom is -0.341 e. The lowest BCUT2D eigenvalue weighted by Gasteiger charge is -2.20. The van der Waals surface area contributed by atoms with Crippen molar-refractivity contribution in [3.8, 4) is 0 Å². The van der Waals surface area contributed by atoms with Crippen LogP contribution in [0, 0.1) is 11.6 Å². The van der Waals surface area contributed by atoms with E-state index >= 15 is 0 Å². The molecule has 1 saturated heterocycles. The summed E-state index contributed by atoms with van der Waals surface area (Å²) in [5.74, 6) is -1.24. The highest BCUT2D eigenvalue weighted by Gasteiger charge is 2.20. The minimum atomic E-state index is -0.612. The molecule has 0 aliphatic carbocycles. The third-order valence-electron chi connectivity index (χ3n) is 3.43. The third kappa shape index (κ3) is 3.73. The lowest BCUT2D eigenvalue weighted by molar-refractivity contribution is -0.130. The molecule has 0 bridgehead atoms. The molecule has 19 heavy (non-hydrogen) atoms. The van der Waals surface area contributed by atoms with E-state index in [1.807, 2.05) is 0 Å². The molecule has 1 atom stereocenters. The second kappa shape index (κ2) is 6.10. The van der Waals surface area contributed by atoms with Gasteiger partial charge in [0.05, 0.1) is 0 Å². The van der Waals surface area contributed by atoms with E-state index in [-0.39, 0.29) is 18.5 Å². The van der Waals surface area contributed by atoms with Gasteiger partial charge in [-0.15, -0.1) is 0 Å². The van der Waals surface area contributed by atoms with E-state index in [0.717, 1.165) is 25.5 Å². The fraction of sp³-hybridized carbons (Fsp3) is 0.500. The van der Waals surface area contributed by atoms with Crippen molar-refractivity contribution in [1.29, 1.82) is 0 Å². The van der Waals surface area contributed by atoms with Crippen LogP contribution in [0.5, 0.6) is 0 Å². The SMILES string of the molecule is CN(Cc1ccc(F)cc1F)C(=O)CC1CCCN1. The summed E-state index contributed by atoms with van der Waals surface area (Å²) in [6.45, 7) is 1.12. The minimum absolute atomic E-state index is 0.0249. The van der Waals surface area contributed by atoms with Crippen LogP contribution in [0.3, 0.4) is 0 Å². The number of rotatable bonds is 4. The maximum Gasteiger partial charge on any atom is 0.224 e. The Morgan fingerprint density at radius 1 is 1.47 bits per heavy atom. The summed E-state index contributed by atoms with van der Waals surface area (Å²) in [7, 11) is 1.64. The highest BCUT2D eigenvalue weighted by molar-refractivity contribution is 5.76. The molecule has 0 spiro atoms. The molecular formula is C14H18F2N2O. The normalized spacial score (nSPS) is 18.6. The van der Waals surface area contributed by atoms with Crippen LogP contribution in [-0.2, 0) is 11.3 Å². The molecule has 1 amide bonds. The van der Waals surface area contributed by atoms with Crippen LogP contribution in [0.1, 0.15) is 24.8 Å². The number of carbonyl (C=O) groups is 1. The molecule has 3 nitrogen and oxygen atoms in total. The number of carbonyl (C=O) groups excluding carboxylic acids is 1. The second-order valence-corrected chi connectivity index (χ2v) is 4.98. The van der Waals surface area contributed by atoms with Crippen molar-refractivity contribution in [1.82, 2.24) is 10.2 Å². The van der Waals surface area contributed by atoms with Gasteiger partial charge in [0.15, 0.2) is 0 Å². The molecule has 0 aromatic heterocycles. The van der Waals surface area contributed by atoms with E-state index < -0.39 is 11.6 Å². The fourth-order valence-corrected chi connectivity index (χ4v) is 2.29. The Balaban J connectivity index is 1.92. The average molecular weight is 268 g/mol. The monoisotopic (exact) mass is 268 g/mol. The Morgan fingerprint density at radius 2 is 2.26 bits per heavy atom. The predicted octanol–water partition coefficient (Wildman–Crippen LogP) is 2.07. The first-order valence-electron chi connectivity index (χ1n) is 6.47. The molecule has 2 rings (SSSR count). The molecular weight excluding hydrogens is 250 g/mol. The van der Waals surface area contributed by atoms with Crippen molar-refractivity contribution in [2.24, 2.45) is 0 Å². The largest absolute Gasteiger partial charge is 0.341 e. The average Bonchev–Trinajstić information content (AvgIpc) is 2.85. The van der Waals surface area contributed by atoms with E-state index in [4.69, 9.17) is 0 Å². The summed E-state index contributed by atoms with van der Waals surface area (Å²) >= 11 is 0. The molecule has 104 valence electrons. The van der Waals surface area contributed by atoms with Gasteiger partial charge in [-0.1, -0.05) is 6.07 Å². The van der Waals surface area contributed by atoms with Crippen molar-refractivity contribution < 1.29 is 13.6 Å². The highest BCUT2D eigenvalue weighted by Crippen LogP contribution is 2.14. The van der Waals surface area contributed by atoms with E-state index in [2.05, 4.69) is 5.32 Å². The zero-order valence-corrected chi connectivity index (χ0v) is 11.0. The van der Waals surface area contributed by atoms with Gasteiger partial charge >= 0.3 is 0 Å². The number of benzene rings is 1. The van der Waals surface area contributed by atoms with Gasteiger partial charge in [0.1, 0.15) is 11.6 Å². The van der Waals surface area contributed by atoms with E-state index in [9.17, 15) is 13.6 Å². The number of hydrogen-bond donors (Lipinski definition) is 1. The van der Waals surface area contributed by atoms with Gasteiger partial charge in [-0.05, 0) is 25.5 Å². The van der Waals surface area contributed by atoms with Crippen LogP contribution in [0.4, 0.5) is 8.78 Å². The number of halogens is 2. The molecule has 0 radical (unpaired) electrons. The highest BCUT2D eigenvalue weighted by atomic mass is 19.1. The Bertz CT molecular complexity index is 459. The van der Waals surface area contributed by atoms with Crippen LogP contribution in [-0.4, -0.2) is 30.4 Å². The summed E-state index contributed by atoms with van der Waals surface area (Å²) in [4.78, 5) is 13.5. The van der Waals surface area contributed by atoms with E-state index in [1.165, 1.54) is 17.0 Å². The van der Waals surface area contributed by atoms with Gasteiger partial charge in [-0.25, -0.2) is 8.78 Å². The van der Waals surface area contributed by atoms with Crippen molar-refractivity contribution in [3.63, 3.8) is 0 Å². The van der Waals surface area contributed by atoms with Gasteiger partial charge < -0.3 is 10.2 Å². The Labute approximate surface area is 111 Å². The summed E-state index contributed by atoms with van der Waals surface area (Å²) < 4.78 is 26.3. The number of nitrogens with zero attached hydrogens (tertiary/aromatic N) is 1. The van der Waals surface area contributed by atoms with Gasteiger partial charge in [0.2, 0.25) is 5.91 Å². The Hall–Kier alpha value is -1.49. The lowest BCUT2D eigenvalue weighted by atomic mass is 10.1. The third-order valence-corrected chi connectivity index (χ3v) is 3.43. The summed E-state index contributed by atoms with van der Waals surface area (Å²) in [5.41, 5.74) is 0.330. The van der Waals surface area contributed by atoms with Gasteiger partial charge in [-0.3, -0.25) is 4.79 Å². The molecule has 0 saturated carbocycles. The molecule has 1 aromatic rings. The molecule has 1 fully saturated rings. The van der Waals surface area contributed by atoms with Gasteiger partial charge in [0, 0.05) is 37.7 Å². The molecule has 1 heterocycles. The molecule has 1 unspecified atom stereocenters. The standard InChI is InChI=1S/C14H18F2N2O/c1-18(14(19)8-12-3-2-6-17-12)9-10-4-5-11(15)7-13(10)16/h4-5,7,12,17H,2-3,6,8-9H2,1H3. The molecule has 5 heteroatoms. The maximum absolute atomic E-state index is 13.5. The predicted molar refractivity (Wildman–Crippen MR) is 68.5 cm³/mol. The van der Waals surface area contributed by atoms with Crippen LogP contribution in [0.2, 0.25) is 0 Å².